The molecule has 106 valence electrons. The molecule has 1 fully saturated rings. The summed E-state index contributed by atoms with van der Waals surface area (Å²) in [6.07, 6.45) is 0.922. The molecule has 0 bridgehead atoms. The smallest absolute Gasteiger partial charge is 0.234 e. The van der Waals surface area contributed by atoms with Gasteiger partial charge in [-0.3, -0.25) is 9.69 Å². The summed E-state index contributed by atoms with van der Waals surface area (Å²) >= 11 is 1.81. The number of thiophene rings is 1. The molecule has 0 saturated carbocycles. The van der Waals surface area contributed by atoms with E-state index in [1.807, 2.05) is 11.3 Å². The Morgan fingerprint density at radius 3 is 2.84 bits per heavy atom. The Morgan fingerprint density at radius 2 is 2.21 bits per heavy atom. The third kappa shape index (κ3) is 4.93. The minimum Gasteiger partial charge on any atom is -0.352 e. The van der Waals surface area contributed by atoms with E-state index in [0.717, 1.165) is 32.6 Å². The molecule has 2 rings (SSSR count). The third-order valence-corrected chi connectivity index (χ3v) is 4.31. The van der Waals surface area contributed by atoms with Crippen molar-refractivity contribution in [2.24, 2.45) is 0 Å². The lowest BCUT2D eigenvalue weighted by Crippen LogP contribution is -2.48. The molecule has 0 spiro atoms. The molecule has 1 atom stereocenters. The standard InChI is InChI=1S/C14H23N3OS/c1-11(9-13-4-3-12(2)19-13)16-14(18)10-17-7-5-15-6-8-17/h3-4,11,15H,5-10H2,1-2H3,(H,16,18). The number of amides is 1. The summed E-state index contributed by atoms with van der Waals surface area (Å²) in [5.74, 6) is 0.141. The average Bonchev–Trinajstić information content (AvgIpc) is 2.75. The highest BCUT2D eigenvalue weighted by molar-refractivity contribution is 7.11. The van der Waals surface area contributed by atoms with Gasteiger partial charge in [-0.25, -0.2) is 0 Å². The van der Waals surface area contributed by atoms with Gasteiger partial charge in [0.15, 0.2) is 0 Å². The zero-order valence-corrected chi connectivity index (χ0v) is 12.6. The Morgan fingerprint density at radius 1 is 1.47 bits per heavy atom. The first-order chi connectivity index (χ1) is 9.13. The molecule has 1 amide bonds. The van der Waals surface area contributed by atoms with Gasteiger partial charge in [-0.1, -0.05) is 0 Å². The summed E-state index contributed by atoms with van der Waals surface area (Å²) in [7, 11) is 0. The molecule has 0 radical (unpaired) electrons. The first-order valence-corrected chi connectivity index (χ1v) is 7.73. The van der Waals surface area contributed by atoms with E-state index in [4.69, 9.17) is 0 Å². The molecule has 2 N–H and O–H groups in total. The maximum atomic E-state index is 11.9. The normalized spacial score (nSPS) is 18.2. The Hall–Kier alpha value is -0.910. The van der Waals surface area contributed by atoms with Crippen molar-refractivity contribution in [3.05, 3.63) is 21.9 Å². The SMILES string of the molecule is Cc1ccc(CC(C)NC(=O)CN2CCNCC2)s1. The summed E-state index contributed by atoms with van der Waals surface area (Å²) in [5, 5.41) is 6.38. The number of carbonyl (C=O) groups excluding carboxylic acids is 1. The molecule has 1 aromatic rings. The molecule has 5 heteroatoms. The van der Waals surface area contributed by atoms with E-state index in [0.29, 0.717) is 6.54 Å². The number of aryl methyl sites for hydroxylation is 1. The van der Waals surface area contributed by atoms with Crippen molar-refractivity contribution < 1.29 is 4.79 Å². The predicted octanol–water partition coefficient (Wildman–Crippen LogP) is 1.01. The highest BCUT2D eigenvalue weighted by atomic mass is 32.1. The molecule has 1 aliphatic rings. The highest BCUT2D eigenvalue weighted by Crippen LogP contribution is 2.16. The van der Waals surface area contributed by atoms with E-state index in [-0.39, 0.29) is 11.9 Å². The van der Waals surface area contributed by atoms with Gasteiger partial charge < -0.3 is 10.6 Å². The number of hydrogen-bond donors (Lipinski definition) is 2. The summed E-state index contributed by atoms with van der Waals surface area (Å²) in [5.41, 5.74) is 0. The predicted molar refractivity (Wildman–Crippen MR) is 79.7 cm³/mol. The van der Waals surface area contributed by atoms with E-state index in [1.54, 1.807) is 0 Å². The van der Waals surface area contributed by atoms with Gasteiger partial charge in [0.2, 0.25) is 5.91 Å². The maximum absolute atomic E-state index is 11.9. The second-order valence-corrected chi connectivity index (χ2v) is 6.58. The van der Waals surface area contributed by atoms with Gasteiger partial charge in [0.25, 0.3) is 0 Å². The minimum atomic E-state index is 0.141. The molecular formula is C14H23N3OS. The van der Waals surface area contributed by atoms with Crippen LogP contribution in [0.1, 0.15) is 16.7 Å². The molecule has 0 aliphatic carbocycles. The van der Waals surface area contributed by atoms with Crippen LogP contribution in [0, 0.1) is 6.92 Å². The first-order valence-electron chi connectivity index (χ1n) is 6.91. The molecule has 2 heterocycles. The quantitative estimate of drug-likeness (QED) is 0.846. The topological polar surface area (TPSA) is 44.4 Å². The first kappa shape index (κ1) is 14.5. The van der Waals surface area contributed by atoms with Gasteiger partial charge in [0.05, 0.1) is 6.54 Å². The number of hydrogen-bond acceptors (Lipinski definition) is 4. The second kappa shape index (κ2) is 7.03. The van der Waals surface area contributed by atoms with Crippen LogP contribution in [0.2, 0.25) is 0 Å². The minimum absolute atomic E-state index is 0.141. The Kier molecular flexibility index (Phi) is 5.36. The molecular weight excluding hydrogens is 258 g/mol. The van der Waals surface area contributed by atoms with Crippen LogP contribution in [0.3, 0.4) is 0 Å². The van der Waals surface area contributed by atoms with Gasteiger partial charge in [0.1, 0.15) is 0 Å². The molecule has 1 aliphatic heterocycles. The van der Waals surface area contributed by atoms with Crippen LogP contribution < -0.4 is 10.6 Å². The number of rotatable bonds is 5. The van der Waals surface area contributed by atoms with Crippen molar-refractivity contribution in [3.63, 3.8) is 0 Å². The van der Waals surface area contributed by atoms with Crippen LogP contribution >= 0.6 is 11.3 Å². The van der Waals surface area contributed by atoms with Gasteiger partial charge in [0, 0.05) is 48.4 Å². The van der Waals surface area contributed by atoms with Gasteiger partial charge >= 0.3 is 0 Å². The fraction of sp³-hybridized carbons (Fsp3) is 0.643. The Balaban J connectivity index is 1.71. The van der Waals surface area contributed by atoms with Gasteiger partial charge in [-0.15, -0.1) is 11.3 Å². The monoisotopic (exact) mass is 281 g/mol. The molecule has 19 heavy (non-hydrogen) atoms. The summed E-state index contributed by atoms with van der Waals surface area (Å²) in [6.45, 7) is 8.61. The van der Waals surface area contributed by atoms with E-state index in [2.05, 4.69) is 41.5 Å². The van der Waals surface area contributed by atoms with E-state index in [1.165, 1.54) is 9.75 Å². The molecule has 1 saturated heterocycles. The molecule has 1 unspecified atom stereocenters. The van der Waals surface area contributed by atoms with Crippen LogP contribution in [0.15, 0.2) is 12.1 Å². The Labute approximate surface area is 119 Å². The van der Waals surface area contributed by atoms with E-state index < -0.39 is 0 Å². The lowest BCUT2D eigenvalue weighted by atomic mass is 10.2. The highest BCUT2D eigenvalue weighted by Gasteiger charge is 2.15. The maximum Gasteiger partial charge on any atom is 0.234 e. The molecule has 0 aromatic carbocycles. The molecule has 4 nitrogen and oxygen atoms in total. The van der Waals surface area contributed by atoms with Crippen LogP contribution in [0.5, 0.6) is 0 Å². The largest absolute Gasteiger partial charge is 0.352 e. The molecule has 1 aromatic heterocycles. The lowest BCUT2D eigenvalue weighted by molar-refractivity contribution is -0.122. The van der Waals surface area contributed by atoms with Gasteiger partial charge in [-0.2, -0.15) is 0 Å². The van der Waals surface area contributed by atoms with Crippen LogP contribution in [0.4, 0.5) is 0 Å². The fourth-order valence-corrected chi connectivity index (χ4v) is 3.36. The number of nitrogens with zero attached hydrogens (tertiary/aromatic N) is 1. The van der Waals surface area contributed by atoms with Gasteiger partial charge in [-0.05, 0) is 26.0 Å². The van der Waals surface area contributed by atoms with Crippen molar-refractivity contribution in [3.8, 4) is 0 Å². The zero-order chi connectivity index (χ0) is 13.7. The number of carbonyl (C=O) groups is 1. The van der Waals surface area contributed by atoms with Crippen molar-refractivity contribution in [2.75, 3.05) is 32.7 Å². The second-order valence-electron chi connectivity index (χ2n) is 5.21. The van der Waals surface area contributed by atoms with Crippen molar-refractivity contribution in [1.82, 2.24) is 15.5 Å². The Bertz CT molecular complexity index is 413. The average molecular weight is 281 g/mol. The fourth-order valence-electron chi connectivity index (χ4n) is 2.34. The van der Waals surface area contributed by atoms with Crippen LogP contribution in [-0.2, 0) is 11.2 Å². The summed E-state index contributed by atoms with van der Waals surface area (Å²) in [4.78, 5) is 16.8. The summed E-state index contributed by atoms with van der Waals surface area (Å²) in [6, 6.07) is 4.49. The van der Waals surface area contributed by atoms with Crippen molar-refractivity contribution in [1.29, 1.82) is 0 Å². The van der Waals surface area contributed by atoms with E-state index >= 15 is 0 Å². The van der Waals surface area contributed by atoms with Crippen molar-refractivity contribution >= 4 is 17.2 Å². The zero-order valence-electron chi connectivity index (χ0n) is 11.7. The van der Waals surface area contributed by atoms with Crippen molar-refractivity contribution in [2.45, 2.75) is 26.3 Å². The summed E-state index contributed by atoms with van der Waals surface area (Å²) < 4.78 is 0. The van der Waals surface area contributed by atoms with Crippen LogP contribution in [0.25, 0.3) is 0 Å². The third-order valence-electron chi connectivity index (χ3n) is 3.29. The van der Waals surface area contributed by atoms with E-state index in [9.17, 15) is 4.79 Å². The number of piperazine rings is 1. The lowest BCUT2D eigenvalue weighted by Gasteiger charge is -2.27. The number of nitrogens with one attached hydrogen (secondary N) is 2. The van der Waals surface area contributed by atoms with Crippen LogP contribution in [-0.4, -0.2) is 49.6 Å².